The zero-order chi connectivity index (χ0) is 12.1. The topological polar surface area (TPSA) is 61.8 Å². The summed E-state index contributed by atoms with van der Waals surface area (Å²) in [7, 11) is 2.00. The zero-order valence-electron chi connectivity index (χ0n) is 10.0. The third-order valence-corrected chi connectivity index (χ3v) is 2.34. The molecule has 0 aromatic heterocycles. The molecule has 4 nitrogen and oxygen atoms in total. The number of anilines is 1. The van der Waals surface area contributed by atoms with Gasteiger partial charge in [0, 0.05) is 24.8 Å². The third kappa shape index (κ3) is 2.89. The van der Waals surface area contributed by atoms with Crippen LogP contribution in [0.2, 0.25) is 0 Å². The number of nitrogens with zero attached hydrogens (tertiary/aromatic N) is 2. The summed E-state index contributed by atoms with van der Waals surface area (Å²) in [5.41, 5.74) is 7.37. The standard InChI is InChI=1S/C12H19N3O/c1-9(2)8-15(3)11-7-5-4-6-10(11)12(13)14-16/h4-7,9,16H,8H2,1-3H3,(H2,13,14). The molecule has 0 atom stereocenters. The molecule has 0 aliphatic rings. The van der Waals surface area contributed by atoms with E-state index in [0.717, 1.165) is 17.8 Å². The number of hydrogen-bond acceptors (Lipinski definition) is 3. The van der Waals surface area contributed by atoms with Gasteiger partial charge in [-0.25, -0.2) is 0 Å². The lowest BCUT2D eigenvalue weighted by atomic mass is 10.1. The summed E-state index contributed by atoms with van der Waals surface area (Å²) < 4.78 is 0. The number of para-hydroxylation sites is 1. The zero-order valence-corrected chi connectivity index (χ0v) is 10.0. The van der Waals surface area contributed by atoms with Crippen LogP contribution in [-0.4, -0.2) is 24.6 Å². The largest absolute Gasteiger partial charge is 0.409 e. The van der Waals surface area contributed by atoms with Crippen LogP contribution in [0.1, 0.15) is 19.4 Å². The molecular formula is C12H19N3O. The van der Waals surface area contributed by atoms with Gasteiger partial charge < -0.3 is 15.8 Å². The summed E-state index contributed by atoms with van der Waals surface area (Å²) in [6.07, 6.45) is 0. The second-order valence-electron chi connectivity index (χ2n) is 4.28. The van der Waals surface area contributed by atoms with Gasteiger partial charge in [0.15, 0.2) is 5.84 Å². The minimum atomic E-state index is 0.145. The Morgan fingerprint density at radius 1 is 1.44 bits per heavy atom. The highest BCUT2D eigenvalue weighted by Crippen LogP contribution is 2.19. The lowest BCUT2D eigenvalue weighted by Crippen LogP contribution is -2.26. The maximum Gasteiger partial charge on any atom is 0.172 e. The summed E-state index contributed by atoms with van der Waals surface area (Å²) in [5, 5.41) is 11.8. The maximum atomic E-state index is 8.72. The van der Waals surface area contributed by atoms with Crippen LogP contribution in [0.3, 0.4) is 0 Å². The van der Waals surface area contributed by atoms with E-state index in [1.807, 2.05) is 31.3 Å². The molecule has 16 heavy (non-hydrogen) atoms. The number of rotatable bonds is 4. The predicted molar refractivity (Wildman–Crippen MR) is 67.1 cm³/mol. The molecule has 0 amide bonds. The van der Waals surface area contributed by atoms with Gasteiger partial charge >= 0.3 is 0 Å². The molecule has 1 rings (SSSR count). The fourth-order valence-corrected chi connectivity index (χ4v) is 1.72. The summed E-state index contributed by atoms with van der Waals surface area (Å²) in [5.74, 6) is 0.705. The molecule has 0 bridgehead atoms. The van der Waals surface area contributed by atoms with Crippen molar-refractivity contribution in [3.8, 4) is 0 Å². The van der Waals surface area contributed by atoms with Crippen LogP contribution < -0.4 is 10.6 Å². The van der Waals surface area contributed by atoms with E-state index in [1.165, 1.54) is 0 Å². The van der Waals surface area contributed by atoms with Crippen LogP contribution >= 0.6 is 0 Å². The molecule has 0 saturated heterocycles. The number of hydrogen-bond donors (Lipinski definition) is 2. The van der Waals surface area contributed by atoms with Crippen LogP contribution in [0.4, 0.5) is 5.69 Å². The highest BCUT2D eigenvalue weighted by atomic mass is 16.4. The quantitative estimate of drug-likeness (QED) is 0.353. The summed E-state index contributed by atoms with van der Waals surface area (Å²) in [4.78, 5) is 2.11. The van der Waals surface area contributed by atoms with Crippen LogP contribution in [0.25, 0.3) is 0 Å². The Bertz CT molecular complexity index is 374. The van der Waals surface area contributed by atoms with Crippen molar-refractivity contribution < 1.29 is 5.21 Å². The number of oxime groups is 1. The van der Waals surface area contributed by atoms with Gasteiger partial charge in [-0.2, -0.15) is 0 Å². The highest BCUT2D eigenvalue weighted by Gasteiger charge is 2.10. The first kappa shape index (κ1) is 12.4. The monoisotopic (exact) mass is 221 g/mol. The van der Waals surface area contributed by atoms with E-state index in [0.29, 0.717) is 5.92 Å². The molecule has 3 N–H and O–H groups in total. The first-order valence-corrected chi connectivity index (χ1v) is 5.34. The second kappa shape index (κ2) is 5.39. The Morgan fingerprint density at radius 3 is 2.62 bits per heavy atom. The average Bonchev–Trinajstić information content (AvgIpc) is 2.27. The Labute approximate surface area is 96.4 Å². The van der Waals surface area contributed by atoms with Crippen molar-refractivity contribution >= 4 is 11.5 Å². The van der Waals surface area contributed by atoms with Crippen molar-refractivity contribution in [1.82, 2.24) is 0 Å². The molecule has 0 aliphatic heterocycles. The molecule has 0 aliphatic carbocycles. The van der Waals surface area contributed by atoms with Gasteiger partial charge in [-0.15, -0.1) is 0 Å². The second-order valence-corrected chi connectivity index (χ2v) is 4.28. The fourth-order valence-electron chi connectivity index (χ4n) is 1.72. The first-order chi connectivity index (χ1) is 7.56. The number of nitrogens with two attached hydrogens (primary N) is 1. The van der Waals surface area contributed by atoms with Gasteiger partial charge in [0.2, 0.25) is 0 Å². The van der Waals surface area contributed by atoms with E-state index < -0.39 is 0 Å². The van der Waals surface area contributed by atoms with Crippen molar-refractivity contribution in [1.29, 1.82) is 0 Å². The molecule has 0 unspecified atom stereocenters. The van der Waals surface area contributed by atoms with Crippen molar-refractivity contribution in [3.05, 3.63) is 29.8 Å². The smallest absolute Gasteiger partial charge is 0.172 e. The third-order valence-electron chi connectivity index (χ3n) is 2.34. The van der Waals surface area contributed by atoms with E-state index >= 15 is 0 Å². The van der Waals surface area contributed by atoms with E-state index in [-0.39, 0.29) is 5.84 Å². The molecular weight excluding hydrogens is 202 g/mol. The molecule has 4 heteroatoms. The first-order valence-electron chi connectivity index (χ1n) is 5.34. The van der Waals surface area contributed by atoms with E-state index in [1.54, 1.807) is 0 Å². The average molecular weight is 221 g/mol. The van der Waals surface area contributed by atoms with Crippen molar-refractivity contribution in [2.45, 2.75) is 13.8 Å². The van der Waals surface area contributed by atoms with E-state index in [9.17, 15) is 0 Å². The SMILES string of the molecule is CC(C)CN(C)c1ccccc1/C(N)=N/O. The Hall–Kier alpha value is -1.71. The van der Waals surface area contributed by atoms with Crippen LogP contribution in [0.5, 0.6) is 0 Å². The van der Waals surface area contributed by atoms with Gasteiger partial charge in [0.1, 0.15) is 0 Å². The van der Waals surface area contributed by atoms with Crippen LogP contribution in [0, 0.1) is 5.92 Å². The van der Waals surface area contributed by atoms with Crippen molar-refractivity contribution in [3.63, 3.8) is 0 Å². The van der Waals surface area contributed by atoms with Crippen LogP contribution in [-0.2, 0) is 0 Å². The molecule has 1 aromatic rings. The summed E-state index contributed by atoms with van der Waals surface area (Å²) >= 11 is 0. The van der Waals surface area contributed by atoms with Crippen molar-refractivity contribution in [2.75, 3.05) is 18.5 Å². The molecule has 0 radical (unpaired) electrons. The fraction of sp³-hybridized carbons (Fsp3) is 0.417. The number of benzene rings is 1. The maximum absolute atomic E-state index is 8.72. The number of amidine groups is 1. The minimum Gasteiger partial charge on any atom is -0.409 e. The van der Waals surface area contributed by atoms with E-state index in [4.69, 9.17) is 10.9 Å². The van der Waals surface area contributed by atoms with Gasteiger partial charge in [0.25, 0.3) is 0 Å². The Morgan fingerprint density at radius 2 is 2.06 bits per heavy atom. The Kier molecular flexibility index (Phi) is 4.17. The molecule has 0 heterocycles. The molecule has 88 valence electrons. The van der Waals surface area contributed by atoms with Gasteiger partial charge in [-0.05, 0) is 18.1 Å². The van der Waals surface area contributed by atoms with Gasteiger partial charge in [0.05, 0.1) is 0 Å². The molecule has 0 spiro atoms. The molecule has 0 fully saturated rings. The lowest BCUT2D eigenvalue weighted by Gasteiger charge is -2.23. The van der Waals surface area contributed by atoms with Gasteiger partial charge in [-0.1, -0.05) is 31.1 Å². The van der Waals surface area contributed by atoms with Crippen molar-refractivity contribution in [2.24, 2.45) is 16.8 Å². The van der Waals surface area contributed by atoms with E-state index in [2.05, 4.69) is 23.9 Å². The molecule has 1 aromatic carbocycles. The summed E-state index contributed by atoms with van der Waals surface area (Å²) in [6.45, 7) is 5.24. The van der Waals surface area contributed by atoms with Crippen LogP contribution in [0.15, 0.2) is 29.4 Å². The Balaban J connectivity index is 3.03. The lowest BCUT2D eigenvalue weighted by molar-refractivity contribution is 0.318. The summed E-state index contributed by atoms with van der Waals surface area (Å²) in [6, 6.07) is 7.64. The predicted octanol–water partition coefficient (Wildman–Crippen LogP) is 1.87. The minimum absolute atomic E-state index is 0.145. The molecule has 0 saturated carbocycles. The normalized spacial score (nSPS) is 11.9. The highest BCUT2D eigenvalue weighted by molar-refractivity contribution is 6.02. The van der Waals surface area contributed by atoms with Gasteiger partial charge in [-0.3, -0.25) is 0 Å².